The van der Waals surface area contributed by atoms with Crippen LogP contribution in [0.4, 0.5) is 0 Å². The normalized spacial score (nSPS) is 27.5. The molecule has 3 N–H and O–H groups in total. The van der Waals surface area contributed by atoms with Gasteiger partial charge in [-0.25, -0.2) is 0 Å². The van der Waals surface area contributed by atoms with Gasteiger partial charge in [0, 0.05) is 12.4 Å². The second kappa shape index (κ2) is 5.58. The molecule has 0 aromatic rings. The van der Waals surface area contributed by atoms with Gasteiger partial charge in [0.15, 0.2) is 0 Å². The second-order valence-electron chi connectivity index (χ2n) is 3.55. The maximum absolute atomic E-state index is 11.1. The topological polar surface area (TPSA) is 69.6 Å². The Morgan fingerprint density at radius 1 is 1.57 bits per heavy atom. The fraction of sp³-hybridized carbons (Fsp3) is 0.889. The number of hydrogen-bond acceptors (Lipinski definition) is 4. The van der Waals surface area contributed by atoms with Gasteiger partial charge in [0.1, 0.15) is 5.54 Å². The van der Waals surface area contributed by atoms with Crippen molar-refractivity contribution in [2.45, 2.75) is 24.8 Å². The third-order valence-electron chi connectivity index (χ3n) is 2.45. The standard InChI is InChI=1S/C9H17NO3S/c11-5-2-4-10-9(8(12)13)3-1-6-14-7-9/h10-11H,1-7H2,(H,12,13). The van der Waals surface area contributed by atoms with Crippen molar-refractivity contribution in [3.63, 3.8) is 0 Å². The van der Waals surface area contributed by atoms with Crippen molar-refractivity contribution in [3.8, 4) is 0 Å². The maximum Gasteiger partial charge on any atom is 0.324 e. The minimum Gasteiger partial charge on any atom is -0.480 e. The van der Waals surface area contributed by atoms with Gasteiger partial charge in [0.25, 0.3) is 0 Å². The van der Waals surface area contributed by atoms with Gasteiger partial charge in [-0.15, -0.1) is 0 Å². The summed E-state index contributed by atoms with van der Waals surface area (Å²) >= 11 is 1.68. The highest BCUT2D eigenvalue weighted by Gasteiger charge is 2.39. The molecule has 0 aromatic heterocycles. The van der Waals surface area contributed by atoms with Crippen LogP contribution in [0.2, 0.25) is 0 Å². The van der Waals surface area contributed by atoms with Gasteiger partial charge in [-0.2, -0.15) is 11.8 Å². The third kappa shape index (κ3) is 2.87. The van der Waals surface area contributed by atoms with Crippen LogP contribution < -0.4 is 5.32 Å². The molecule has 1 heterocycles. The summed E-state index contributed by atoms with van der Waals surface area (Å²) in [5.41, 5.74) is -0.752. The molecule has 1 saturated heterocycles. The van der Waals surface area contributed by atoms with Crippen molar-refractivity contribution in [1.82, 2.24) is 5.32 Å². The number of carboxylic acids is 1. The molecule has 1 atom stereocenters. The van der Waals surface area contributed by atoms with E-state index < -0.39 is 11.5 Å². The zero-order valence-electron chi connectivity index (χ0n) is 8.16. The molecule has 1 rings (SSSR count). The van der Waals surface area contributed by atoms with Crippen LogP contribution in [-0.2, 0) is 4.79 Å². The lowest BCUT2D eigenvalue weighted by molar-refractivity contribution is -0.144. The Kier molecular flexibility index (Phi) is 4.71. The first kappa shape index (κ1) is 11.8. The molecule has 0 spiro atoms. The fourth-order valence-electron chi connectivity index (χ4n) is 1.59. The monoisotopic (exact) mass is 219 g/mol. The summed E-state index contributed by atoms with van der Waals surface area (Å²) in [5, 5.41) is 20.8. The molecule has 0 aromatic carbocycles. The van der Waals surface area contributed by atoms with Gasteiger partial charge >= 0.3 is 5.97 Å². The Morgan fingerprint density at radius 2 is 2.36 bits per heavy atom. The van der Waals surface area contributed by atoms with Crippen LogP contribution in [0.15, 0.2) is 0 Å². The minimum atomic E-state index is -0.761. The van der Waals surface area contributed by atoms with E-state index in [1.165, 1.54) is 0 Å². The summed E-state index contributed by atoms with van der Waals surface area (Å²) in [6, 6.07) is 0. The highest BCUT2D eigenvalue weighted by molar-refractivity contribution is 7.99. The molecule has 0 bridgehead atoms. The summed E-state index contributed by atoms with van der Waals surface area (Å²) in [7, 11) is 0. The minimum absolute atomic E-state index is 0.107. The first-order valence-corrected chi connectivity index (χ1v) is 6.04. The molecule has 1 aliphatic rings. The van der Waals surface area contributed by atoms with Gasteiger partial charge < -0.3 is 15.5 Å². The second-order valence-corrected chi connectivity index (χ2v) is 4.65. The molecule has 0 radical (unpaired) electrons. The van der Waals surface area contributed by atoms with Gasteiger partial charge in [0.05, 0.1) is 0 Å². The first-order chi connectivity index (χ1) is 6.71. The molecule has 1 unspecified atom stereocenters. The molecule has 1 fully saturated rings. The van der Waals surface area contributed by atoms with Crippen molar-refractivity contribution in [3.05, 3.63) is 0 Å². The highest BCUT2D eigenvalue weighted by atomic mass is 32.2. The number of aliphatic carboxylic acids is 1. The van der Waals surface area contributed by atoms with Crippen LogP contribution in [0.25, 0.3) is 0 Å². The Labute approximate surface area is 88.1 Å². The van der Waals surface area contributed by atoms with Crippen LogP contribution in [0, 0.1) is 0 Å². The van der Waals surface area contributed by atoms with E-state index in [1.54, 1.807) is 11.8 Å². The molecule has 0 aliphatic carbocycles. The number of aliphatic hydroxyl groups is 1. The van der Waals surface area contributed by atoms with E-state index in [0.29, 0.717) is 25.1 Å². The predicted octanol–water partition coefficient (Wildman–Crippen LogP) is 0.309. The maximum atomic E-state index is 11.1. The number of rotatable bonds is 5. The lowest BCUT2D eigenvalue weighted by Crippen LogP contribution is -2.56. The number of thioether (sulfide) groups is 1. The average Bonchev–Trinajstić information content (AvgIpc) is 2.19. The summed E-state index contributed by atoms with van der Waals surface area (Å²) in [4.78, 5) is 11.1. The van der Waals surface area contributed by atoms with E-state index in [1.807, 2.05) is 0 Å². The average molecular weight is 219 g/mol. The molecule has 0 amide bonds. The van der Waals surface area contributed by atoms with E-state index in [9.17, 15) is 4.79 Å². The van der Waals surface area contributed by atoms with Gasteiger partial charge in [-0.05, 0) is 31.6 Å². The molecule has 14 heavy (non-hydrogen) atoms. The van der Waals surface area contributed by atoms with Crippen molar-refractivity contribution in [2.75, 3.05) is 24.7 Å². The van der Waals surface area contributed by atoms with Gasteiger partial charge in [-0.1, -0.05) is 0 Å². The number of carboxylic acid groups (broad SMARTS) is 1. The van der Waals surface area contributed by atoms with Crippen LogP contribution in [0.1, 0.15) is 19.3 Å². The Morgan fingerprint density at radius 3 is 2.86 bits per heavy atom. The quantitative estimate of drug-likeness (QED) is 0.581. The van der Waals surface area contributed by atoms with Gasteiger partial charge in [-0.3, -0.25) is 4.79 Å². The van der Waals surface area contributed by atoms with E-state index in [2.05, 4.69) is 5.32 Å². The smallest absolute Gasteiger partial charge is 0.324 e. The van der Waals surface area contributed by atoms with Crippen LogP contribution >= 0.6 is 11.8 Å². The summed E-state index contributed by atoms with van der Waals surface area (Å²) < 4.78 is 0. The zero-order valence-corrected chi connectivity index (χ0v) is 8.98. The first-order valence-electron chi connectivity index (χ1n) is 4.88. The fourth-order valence-corrected chi connectivity index (χ4v) is 2.80. The number of carbonyl (C=O) groups is 1. The van der Waals surface area contributed by atoms with Crippen LogP contribution in [0.5, 0.6) is 0 Å². The molecule has 4 nitrogen and oxygen atoms in total. The van der Waals surface area contributed by atoms with Crippen molar-refractivity contribution in [2.24, 2.45) is 0 Å². The largest absolute Gasteiger partial charge is 0.480 e. The molecular weight excluding hydrogens is 202 g/mol. The lowest BCUT2D eigenvalue weighted by Gasteiger charge is -2.33. The van der Waals surface area contributed by atoms with E-state index >= 15 is 0 Å². The van der Waals surface area contributed by atoms with Gasteiger partial charge in [0.2, 0.25) is 0 Å². The van der Waals surface area contributed by atoms with Crippen molar-refractivity contribution >= 4 is 17.7 Å². The molecule has 82 valence electrons. The van der Waals surface area contributed by atoms with E-state index in [-0.39, 0.29) is 6.61 Å². The van der Waals surface area contributed by atoms with Crippen LogP contribution in [-0.4, -0.2) is 46.4 Å². The predicted molar refractivity (Wildman–Crippen MR) is 56.6 cm³/mol. The van der Waals surface area contributed by atoms with Crippen molar-refractivity contribution < 1.29 is 15.0 Å². The number of nitrogens with one attached hydrogen (secondary N) is 1. The van der Waals surface area contributed by atoms with E-state index in [4.69, 9.17) is 10.2 Å². The summed E-state index contributed by atoms with van der Waals surface area (Å²) in [6.45, 7) is 0.680. The van der Waals surface area contributed by atoms with E-state index in [0.717, 1.165) is 12.2 Å². The van der Waals surface area contributed by atoms with Crippen LogP contribution in [0.3, 0.4) is 0 Å². The number of aliphatic hydroxyl groups excluding tert-OH is 1. The lowest BCUT2D eigenvalue weighted by atomic mass is 9.95. The highest BCUT2D eigenvalue weighted by Crippen LogP contribution is 2.26. The SMILES string of the molecule is O=C(O)C1(NCCCO)CCCSC1. The molecule has 0 saturated carbocycles. The zero-order chi connectivity index (χ0) is 10.4. The number of hydrogen-bond donors (Lipinski definition) is 3. The molecular formula is C9H17NO3S. The Balaban J connectivity index is 2.47. The molecule has 1 aliphatic heterocycles. The molecule has 5 heteroatoms. The Bertz CT molecular complexity index is 192. The third-order valence-corrected chi connectivity index (χ3v) is 3.72. The summed E-state index contributed by atoms with van der Waals surface area (Å²) in [5.74, 6) is 0.924. The summed E-state index contributed by atoms with van der Waals surface area (Å²) in [6.07, 6.45) is 2.25. The Hall–Kier alpha value is -0.260. The van der Waals surface area contributed by atoms with Crippen molar-refractivity contribution in [1.29, 1.82) is 0 Å².